The van der Waals surface area contributed by atoms with Crippen molar-refractivity contribution in [2.45, 2.75) is 13.1 Å². The fourth-order valence-electron chi connectivity index (χ4n) is 2.27. The second-order valence-electron chi connectivity index (χ2n) is 5.35. The maximum Gasteiger partial charge on any atom is 0.313 e. The molecule has 2 aromatic carbocycles. The highest BCUT2D eigenvalue weighted by molar-refractivity contribution is 6.40. The molecule has 0 heterocycles. The van der Waals surface area contributed by atoms with Crippen LogP contribution in [0.4, 0.5) is 5.69 Å². The van der Waals surface area contributed by atoms with Crippen molar-refractivity contribution < 1.29 is 19.1 Å². The summed E-state index contributed by atoms with van der Waals surface area (Å²) in [6, 6.07) is 10.4. The summed E-state index contributed by atoms with van der Waals surface area (Å²) in [5.74, 6) is -0.948. The second-order valence-corrected chi connectivity index (χ2v) is 5.76. The van der Waals surface area contributed by atoms with E-state index in [1.165, 1.54) is 26.4 Å². The number of halogens is 1. The van der Waals surface area contributed by atoms with Crippen molar-refractivity contribution in [2.75, 3.05) is 19.5 Å². The van der Waals surface area contributed by atoms with E-state index in [0.717, 1.165) is 11.1 Å². The van der Waals surface area contributed by atoms with Crippen LogP contribution in [0.5, 0.6) is 11.5 Å². The molecule has 0 unspecified atom stereocenters. The largest absolute Gasteiger partial charge is 0.495 e. The van der Waals surface area contributed by atoms with Crippen LogP contribution in [0.15, 0.2) is 36.4 Å². The van der Waals surface area contributed by atoms with Gasteiger partial charge in [-0.1, -0.05) is 35.9 Å². The summed E-state index contributed by atoms with van der Waals surface area (Å²) in [6.07, 6.45) is 0. The van der Waals surface area contributed by atoms with Gasteiger partial charge in [0.1, 0.15) is 11.5 Å². The molecule has 2 amide bonds. The summed E-state index contributed by atoms with van der Waals surface area (Å²) in [5, 5.41) is 5.37. The number of nitrogens with two attached hydrogens (primary N) is 1. The molecule has 138 valence electrons. The monoisotopic (exact) mass is 377 g/mol. The van der Waals surface area contributed by atoms with Gasteiger partial charge in [-0.3, -0.25) is 9.59 Å². The van der Waals surface area contributed by atoms with Crippen LogP contribution >= 0.6 is 11.6 Å². The lowest BCUT2D eigenvalue weighted by molar-refractivity contribution is -0.136. The van der Waals surface area contributed by atoms with E-state index < -0.39 is 11.8 Å². The molecule has 0 spiro atoms. The molecule has 0 saturated carbocycles. The summed E-state index contributed by atoms with van der Waals surface area (Å²) in [6.45, 7) is 0.613. The van der Waals surface area contributed by atoms with E-state index >= 15 is 0 Å². The first-order valence-electron chi connectivity index (χ1n) is 7.77. The maximum absolute atomic E-state index is 12.1. The van der Waals surface area contributed by atoms with Gasteiger partial charge >= 0.3 is 11.8 Å². The highest BCUT2D eigenvalue weighted by Crippen LogP contribution is 2.35. The molecule has 4 N–H and O–H groups in total. The number of rotatable bonds is 6. The van der Waals surface area contributed by atoms with Crippen LogP contribution in [-0.2, 0) is 22.7 Å². The molecule has 0 saturated heterocycles. The van der Waals surface area contributed by atoms with Gasteiger partial charge in [-0.2, -0.15) is 0 Å². The Labute approximate surface area is 156 Å². The third-order valence-electron chi connectivity index (χ3n) is 3.61. The summed E-state index contributed by atoms with van der Waals surface area (Å²) in [5.41, 5.74) is 7.66. The Balaban J connectivity index is 2.03. The Morgan fingerprint density at radius 3 is 2.38 bits per heavy atom. The Hall–Kier alpha value is -2.77. The van der Waals surface area contributed by atoms with Gasteiger partial charge in [-0.15, -0.1) is 0 Å². The highest BCUT2D eigenvalue weighted by atomic mass is 35.5. The van der Waals surface area contributed by atoms with Crippen LogP contribution in [0.2, 0.25) is 5.02 Å². The number of carbonyl (C=O) groups excluding carboxylic acids is 2. The number of ether oxygens (including phenoxy) is 2. The first-order valence-corrected chi connectivity index (χ1v) is 8.14. The smallest absolute Gasteiger partial charge is 0.313 e. The molecule has 0 aliphatic heterocycles. The molecule has 0 atom stereocenters. The fourth-order valence-corrected chi connectivity index (χ4v) is 2.50. The van der Waals surface area contributed by atoms with E-state index in [0.29, 0.717) is 23.1 Å². The number of anilines is 1. The van der Waals surface area contributed by atoms with Crippen LogP contribution in [0.25, 0.3) is 0 Å². The fraction of sp³-hybridized carbons (Fsp3) is 0.222. The minimum atomic E-state index is -0.831. The SMILES string of the molecule is COc1cc(NC(=O)C(=O)NCc2cccc(CN)c2)c(OC)cc1Cl. The Morgan fingerprint density at radius 1 is 1.04 bits per heavy atom. The molecule has 0 bridgehead atoms. The quantitative estimate of drug-likeness (QED) is 0.669. The van der Waals surface area contributed by atoms with Gasteiger partial charge in [0, 0.05) is 25.2 Å². The van der Waals surface area contributed by atoms with Crippen molar-refractivity contribution in [2.24, 2.45) is 5.73 Å². The predicted molar refractivity (Wildman–Crippen MR) is 99.4 cm³/mol. The molecule has 0 fully saturated rings. The number of hydrogen-bond acceptors (Lipinski definition) is 5. The normalized spacial score (nSPS) is 10.2. The molecular weight excluding hydrogens is 358 g/mol. The molecule has 8 heteroatoms. The van der Waals surface area contributed by atoms with Crippen molar-refractivity contribution in [3.05, 3.63) is 52.5 Å². The van der Waals surface area contributed by atoms with Crippen LogP contribution in [0.3, 0.4) is 0 Å². The molecule has 2 aromatic rings. The zero-order valence-electron chi connectivity index (χ0n) is 14.5. The second kappa shape index (κ2) is 9.07. The van der Waals surface area contributed by atoms with E-state index in [1.807, 2.05) is 24.3 Å². The van der Waals surface area contributed by atoms with Crippen molar-refractivity contribution in [1.29, 1.82) is 0 Å². The summed E-state index contributed by atoms with van der Waals surface area (Å²) < 4.78 is 10.3. The topological polar surface area (TPSA) is 103 Å². The van der Waals surface area contributed by atoms with Crippen molar-refractivity contribution in [3.63, 3.8) is 0 Å². The van der Waals surface area contributed by atoms with Crippen molar-refractivity contribution >= 4 is 29.1 Å². The van der Waals surface area contributed by atoms with Crippen molar-refractivity contribution in [3.8, 4) is 11.5 Å². The third-order valence-corrected chi connectivity index (χ3v) is 3.90. The van der Waals surface area contributed by atoms with E-state index in [4.69, 9.17) is 26.8 Å². The van der Waals surface area contributed by atoms with E-state index in [2.05, 4.69) is 10.6 Å². The molecule has 0 aromatic heterocycles. The third kappa shape index (κ3) is 4.87. The lowest BCUT2D eigenvalue weighted by Gasteiger charge is -2.13. The summed E-state index contributed by atoms with van der Waals surface area (Å²) in [7, 11) is 2.87. The van der Waals surface area contributed by atoms with Gasteiger partial charge in [0.25, 0.3) is 0 Å². The maximum atomic E-state index is 12.1. The lowest BCUT2D eigenvalue weighted by Crippen LogP contribution is -2.35. The van der Waals surface area contributed by atoms with Gasteiger partial charge in [-0.25, -0.2) is 0 Å². The Bertz CT molecular complexity index is 811. The van der Waals surface area contributed by atoms with E-state index in [1.54, 1.807) is 0 Å². The van der Waals surface area contributed by atoms with Crippen LogP contribution in [0, 0.1) is 0 Å². The minimum Gasteiger partial charge on any atom is -0.495 e. The predicted octanol–water partition coefficient (Wildman–Crippen LogP) is 2.07. The zero-order chi connectivity index (χ0) is 19.1. The molecule has 26 heavy (non-hydrogen) atoms. The minimum absolute atomic E-state index is 0.209. The Kier molecular flexibility index (Phi) is 6.82. The van der Waals surface area contributed by atoms with Gasteiger partial charge < -0.3 is 25.8 Å². The standard InChI is InChI=1S/C18H20ClN3O4/c1-25-15-8-14(16(26-2)7-13(15)19)22-18(24)17(23)21-10-12-5-3-4-11(6-12)9-20/h3-8H,9-10,20H2,1-2H3,(H,21,23)(H,22,24). The number of hydrogen-bond donors (Lipinski definition) is 3. The first-order chi connectivity index (χ1) is 12.5. The first kappa shape index (κ1) is 19.6. The number of nitrogens with one attached hydrogen (secondary N) is 2. The molecule has 2 rings (SSSR count). The number of carbonyl (C=O) groups is 2. The summed E-state index contributed by atoms with van der Waals surface area (Å²) >= 11 is 6.02. The molecule has 0 radical (unpaired) electrons. The zero-order valence-corrected chi connectivity index (χ0v) is 15.2. The highest BCUT2D eigenvalue weighted by Gasteiger charge is 2.17. The number of methoxy groups -OCH3 is 2. The van der Waals surface area contributed by atoms with Gasteiger partial charge in [-0.05, 0) is 11.1 Å². The molecule has 7 nitrogen and oxygen atoms in total. The van der Waals surface area contributed by atoms with Crippen molar-refractivity contribution in [1.82, 2.24) is 5.32 Å². The van der Waals surface area contributed by atoms with E-state index in [-0.39, 0.29) is 12.2 Å². The van der Waals surface area contributed by atoms with Crippen LogP contribution < -0.4 is 25.8 Å². The molecule has 0 aliphatic rings. The Morgan fingerprint density at radius 2 is 1.73 bits per heavy atom. The number of amides is 2. The van der Waals surface area contributed by atoms with Crippen LogP contribution in [-0.4, -0.2) is 26.0 Å². The molecule has 0 aliphatic carbocycles. The average Bonchev–Trinajstić information content (AvgIpc) is 2.67. The summed E-state index contributed by atoms with van der Waals surface area (Å²) in [4.78, 5) is 24.2. The van der Waals surface area contributed by atoms with Crippen LogP contribution in [0.1, 0.15) is 11.1 Å². The number of benzene rings is 2. The lowest BCUT2D eigenvalue weighted by atomic mass is 10.1. The molecular formula is C18H20ClN3O4. The van der Waals surface area contributed by atoms with Gasteiger partial charge in [0.05, 0.1) is 24.9 Å². The van der Waals surface area contributed by atoms with E-state index in [9.17, 15) is 9.59 Å². The average molecular weight is 378 g/mol. The van der Waals surface area contributed by atoms with Gasteiger partial charge in [0.2, 0.25) is 0 Å². The van der Waals surface area contributed by atoms with Gasteiger partial charge in [0.15, 0.2) is 0 Å².